The molecule has 5 nitrogen and oxygen atoms in total. The molecule has 2 aromatic carbocycles. The number of furan rings is 1. The molecule has 27 heavy (non-hydrogen) atoms. The molecule has 0 saturated carbocycles. The Balaban J connectivity index is 1.49. The summed E-state index contributed by atoms with van der Waals surface area (Å²) in [5.74, 6) is 0.287. The van der Waals surface area contributed by atoms with Crippen LogP contribution in [0.4, 0.5) is 5.69 Å². The van der Waals surface area contributed by atoms with Crippen molar-refractivity contribution in [2.24, 2.45) is 0 Å². The van der Waals surface area contributed by atoms with Crippen molar-refractivity contribution in [2.75, 3.05) is 45.2 Å². The molecule has 1 amide bonds. The third kappa shape index (κ3) is 3.69. The Bertz CT molecular complexity index is 925. The minimum absolute atomic E-state index is 0.107. The molecule has 5 heteroatoms. The van der Waals surface area contributed by atoms with Gasteiger partial charge in [-0.2, -0.15) is 0 Å². The van der Waals surface area contributed by atoms with Crippen molar-refractivity contribution in [2.45, 2.75) is 6.54 Å². The molecule has 1 aromatic heterocycles. The highest BCUT2D eigenvalue weighted by Gasteiger charge is 2.22. The van der Waals surface area contributed by atoms with Gasteiger partial charge < -0.3 is 14.2 Å². The molecular weight excluding hydrogens is 338 g/mol. The molecule has 1 aliphatic heterocycles. The number of piperazine rings is 1. The van der Waals surface area contributed by atoms with Crippen LogP contribution in [-0.4, -0.2) is 56.0 Å². The predicted molar refractivity (Wildman–Crippen MR) is 108 cm³/mol. The summed E-state index contributed by atoms with van der Waals surface area (Å²) in [6.07, 6.45) is 0. The molecule has 0 spiro atoms. The van der Waals surface area contributed by atoms with E-state index in [1.165, 1.54) is 5.56 Å². The van der Waals surface area contributed by atoms with Gasteiger partial charge in [-0.25, -0.2) is 0 Å². The van der Waals surface area contributed by atoms with Crippen LogP contribution in [0.2, 0.25) is 0 Å². The SMILES string of the molecule is CN(C)C(=O)c1cc2cccc(N3CCN(Cc4ccccc4)CC3)c2o1. The molecule has 140 valence electrons. The van der Waals surface area contributed by atoms with Gasteiger partial charge in [0, 0.05) is 52.2 Å². The Hall–Kier alpha value is -2.79. The minimum atomic E-state index is -0.107. The third-order valence-corrected chi connectivity index (χ3v) is 5.10. The average molecular weight is 363 g/mol. The number of anilines is 1. The molecule has 3 aromatic rings. The van der Waals surface area contributed by atoms with Crippen LogP contribution in [0.5, 0.6) is 0 Å². The number of hydrogen-bond donors (Lipinski definition) is 0. The van der Waals surface area contributed by atoms with Crippen LogP contribution in [0.15, 0.2) is 59.0 Å². The van der Waals surface area contributed by atoms with E-state index in [2.05, 4.69) is 46.2 Å². The summed E-state index contributed by atoms with van der Waals surface area (Å²) >= 11 is 0. The molecule has 0 N–H and O–H groups in total. The van der Waals surface area contributed by atoms with Crippen molar-refractivity contribution in [1.29, 1.82) is 0 Å². The summed E-state index contributed by atoms with van der Waals surface area (Å²) in [5.41, 5.74) is 3.23. The van der Waals surface area contributed by atoms with Crippen LogP contribution in [-0.2, 0) is 6.54 Å². The zero-order valence-corrected chi connectivity index (χ0v) is 15.9. The van der Waals surface area contributed by atoms with E-state index in [1.807, 2.05) is 18.2 Å². The van der Waals surface area contributed by atoms with Gasteiger partial charge in [-0.3, -0.25) is 9.69 Å². The molecule has 2 heterocycles. The number of carbonyl (C=O) groups excluding carboxylic acids is 1. The van der Waals surface area contributed by atoms with Crippen LogP contribution in [0.3, 0.4) is 0 Å². The molecule has 0 unspecified atom stereocenters. The Labute approximate surface area is 159 Å². The summed E-state index contributed by atoms with van der Waals surface area (Å²) in [6, 6.07) is 18.6. The van der Waals surface area contributed by atoms with Gasteiger partial charge >= 0.3 is 0 Å². The molecule has 0 radical (unpaired) electrons. The smallest absolute Gasteiger partial charge is 0.289 e. The van der Waals surface area contributed by atoms with E-state index in [0.29, 0.717) is 5.76 Å². The first-order valence-corrected chi connectivity index (χ1v) is 9.37. The van der Waals surface area contributed by atoms with Crippen molar-refractivity contribution < 1.29 is 9.21 Å². The molecule has 0 aliphatic carbocycles. The maximum atomic E-state index is 12.2. The Kier molecular flexibility index (Phi) is 4.86. The summed E-state index contributed by atoms with van der Waals surface area (Å²) in [7, 11) is 3.48. The largest absolute Gasteiger partial charge is 0.449 e. The second-order valence-electron chi connectivity index (χ2n) is 7.25. The van der Waals surface area contributed by atoms with E-state index in [4.69, 9.17) is 4.42 Å². The number of rotatable bonds is 4. The van der Waals surface area contributed by atoms with Crippen molar-refractivity contribution >= 4 is 22.6 Å². The zero-order chi connectivity index (χ0) is 18.8. The topological polar surface area (TPSA) is 39.9 Å². The van der Waals surface area contributed by atoms with Gasteiger partial charge in [0.25, 0.3) is 5.91 Å². The van der Waals surface area contributed by atoms with Crippen molar-refractivity contribution in [3.05, 3.63) is 65.9 Å². The fourth-order valence-electron chi connectivity index (χ4n) is 3.61. The van der Waals surface area contributed by atoms with Crippen molar-refractivity contribution in [3.8, 4) is 0 Å². The summed E-state index contributed by atoms with van der Waals surface area (Å²) < 4.78 is 5.95. The molecule has 0 atom stereocenters. The fourth-order valence-corrected chi connectivity index (χ4v) is 3.61. The normalized spacial score (nSPS) is 15.3. The minimum Gasteiger partial charge on any atom is -0.449 e. The van der Waals surface area contributed by atoms with Gasteiger partial charge in [-0.15, -0.1) is 0 Å². The van der Waals surface area contributed by atoms with Crippen LogP contribution >= 0.6 is 0 Å². The standard InChI is InChI=1S/C22H25N3O2/c1-23(2)22(26)20-15-18-9-6-10-19(21(18)27-20)25-13-11-24(12-14-25)16-17-7-4-3-5-8-17/h3-10,15H,11-14,16H2,1-2H3. The van der Waals surface area contributed by atoms with Crippen molar-refractivity contribution in [3.63, 3.8) is 0 Å². The monoisotopic (exact) mass is 363 g/mol. The number of hydrogen-bond acceptors (Lipinski definition) is 4. The lowest BCUT2D eigenvalue weighted by Crippen LogP contribution is -2.46. The van der Waals surface area contributed by atoms with E-state index in [0.717, 1.165) is 49.4 Å². The Morgan fingerprint density at radius 2 is 1.74 bits per heavy atom. The van der Waals surface area contributed by atoms with Gasteiger partial charge in [0.1, 0.15) is 0 Å². The van der Waals surface area contributed by atoms with E-state index < -0.39 is 0 Å². The predicted octanol–water partition coefficient (Wildman–Crippen LogP) is 3.46. The highest BCUT2D eigenvalue weighted by atomic mass is 16.3. The van der Waals surface area contributed by atoms with E-state index in [-0.39, 0.29) is 5.91 Å². The molecule has 4 rings (SSSR count). The van der Waals surface area contributed by atoms with Gasteiger partial charge in [0.2, 0.25) is 0 Å². The van der Waals surface area contributed by atoms with Crippen LogP contribution < -0.4 is 4.90 Å². The Morgan fingerprint density at radius 3 is 2.44 bits per heavy atom. The number of fused-ring (bicyclic) bond motifs is 1. The second kappa shape index (κ2) is 7.45. The number of para-hydroxylation sites is 1. The van der Waals surface area contributed by atoms with E-state index >= 15 is 0 Å². The Morgan fingerprint density at radius 1 is 1.00 bits per heavy atom. The van der Waals surface area contributed by atoms with Crippen LogP contribution in [0, 0.1) is 0 Å². The molecule has 0 bridgehead atoms. The first-order valence-electron chi connectivity index (χ1n) is 9.37. The van der Waals surface area contributed by atoms with Gasteiger partial charge in [0.15, 0.2) is 11.3 Å². The zero-order valence-electron chi connectivity index (χ0n) is 15.9. The van der Waals surface area contributed by atoms with Gasteiger partial charge in [-0.05, 0) is 17.7 Å². The lowest BCUT2D eigenvalue weighted by Gasteiger charge is -2.36. The summed E-state index contributed by atoms with van der Waals surface area (Å²) in [4.78, 5) is 18.6. The van der Waals surface area contributed by atoms with Crippen LogP contribution in [0.1, 0.15) is 16.1 Å². The third-order valence-electron chi connectivity index (χ3n) is 5.10. The highest BCUT2D eigenvalue weighted by molar-refractivity contribution is 5.99. The lowest BCUT2D eigenvalue weighted by atomic mass is 10.1. The average Bonchev–Trinajstić information content (AvgIpc) is 3.13. The quantitative estimate of drug-likeness (QED) is 0.712. The second-order valence-corrected chi connectivity index (χ2v) is 7.25. The van der Waals surface area contributed by atoms with Crippen molar-refractivity contribution in [1.82, 2.24) is 9.80 Å². The number of amides is 1. The lowest BCUT2D eigenvalue weighted by molar-refractivity contribution is 0.0799. The first kappa shape index (κ1) is 17.6. The molecular formula is C22H25N3O2. The van der Waals surface area contributed by atoms with Gasteiger partial charge in [0.05, 0.1) is 5.69 Å². The molecule has 1 saturated heterocycles. The maximum Gasteiger partial charge on any atom is 0.289 e. The number of carbonyl (C=O) groups is 1. The summed E-state index contributed by atoms with van der Waals surface area (Å²) in [6.45, 7) is 4.90. The highest BCUT2D eigenvalue weighted by Crippen LogP contribution is 2.31. The number of nitrogens with zero attached hydrogens (tertiary/aromatic N) is 3. The molecule has 1 aliphatic rings. The number of benzene rings is 2. The van der Waals surface area contributed by atoms with E-state index in [9.17, 15) is 4.79 Å². The summed E-state index contributed by atoms with van der Waals surface area (Å²) in [5, 5.41) is 0.976. The van der Waals surface area contributed by atoms with Gasteiger partial charge in [-0.1, -0.05) is 42.5 Å². The fraction of sp³-hybridized carbons (Fsp3) is 0.318. The molecule has 1 fully saturated rings. The first-order chi connectivity index (χ1) is 13.1. The van der Waals surface area contributed by atoms with E-state index in [1.54, 1.807) is 19.0 Å². The van der Waals surface area contributed by atoms with Crippen LogP contribution in [0.25, 0.3) is 11.0 Å². The maximum absolute atomic E-state index is 12.2.